The smallest absolute Gasteiger partial charge is 0.408 e. The number of aliphatic carboxylic acids is 1. The lowest BCUT2D eigenvalue weighted by molar-refractivity contribution is -0.147. The Morgan fingerprint density at radius 2 is 1.60 bits per heavy atom. The molecular weight excluding hydrogens is 448 g/mol. The van der Waals surface area contributed by atoms with Gasteiger partial charge in [-0.25, -0.2) is 9.59 Å². The van der Waals surface area contributed by atoms with Gasteiger partial charge >= 0.3 is 12.1 Å². The van der Waals surface area contributed by atoms with Crippen molar-refractivity contribution < 1.29 is 29.0 Å². The summed E-state index contributed by atoms with van der Waals surface area (Å²) in [6, 6.07) is 14.9. The maximum absolute atomic E-state index is 13.0. The third-order valence-corrected chi connectivity index (χ3v) is 6.61. The molecule has 0 heterocycles. The first kappa shape index (κ1) is 24.7. The number of hydrogen-bond donors (Lipinski definition) is 3. The average Bonchev–Trinajstić information content (AvgIpc) is 3.10. The van der Waals surface area contributed by atoms with Crippen molar-refractivity contribution in [1.82, 2.24) is 10.6 Å². The van der Waals surface area contributed by atoms with Gasteiger partial charge in [0.15, 0.2) is 6.04 Å². The molecule has 0 spiro atoms. The fraction of sp³-hybridized carbons (Fsp3) is 0.444. The van der Waals surface area contributed by atoms with Crippen LogP contribution in [0.5, 0.6) is 0 Å². The molecule has 1 atom stereocenters. The third-order valence-electron chi connectivity index (χ3n) is 6.61. The van der Waals surface area contributed by atoms with Crippen molar-refractivity contribution in [3.63, 3.8) is 0 Å². The fourth-order valence-electron chi connectivity index (χ4n) is 4.57. The number of carbonyl (C=O) groups excluding carboxylic acids is 2. The number of hydrogen-bond acceptors (Lipinski definition) is 5. The second kappa shape index (κ2) is 9.70. The summed E-state index contributed by atoms with van der Waals surface area (Å²) in [5.41, 5.74) is 2.72. The van der Waals surface area contributed by atoms with E-state index in [9.17, 15) is 19.5 Å². The molecule has 186 valence electrons. The Balaban J connectivity index is 1.39. The molecule has 3 N–H and O–H groups in total. The molecule has 0 unspecified atom stereocenters. The van der Waals surface area contributed by atoms with Crippen LogP contribution < -0.4 is 10.6 Å². The molecule has 8 heteroatoms. The zero-order chi connectivity index (χ0) is 25.2. The van der Waals surface area contributed by atoms with Crippen LogP contribution in [0.25, 0.3) is 11.1 Å². The average molecular weight is 481 g/mol. The first-order chi connectivity index (χ1) is 16.6. The molecule has 1 saturated carbocycles. The van der Waals surface area contributed by atoms with Crippen LogP contribution in [0.3, 0.4) is 0 Å². The summed E-state index contributed by atoms with van der Waals surface area (Å²) in [4.78, 5) is 37.4. The minimum atomic E-state index is -1.22. The number of ether oxygens (including phenoxy) is 2. The third kappa shape index (κ3) is 5.32. The Morgan fingerprint density at radius 3 is 2.09 bits per heavy atom. The van der Waals surface area contributed by atoms with Crippen molar-refractivity contribution >= 4 is 18.0 Å². The van der Waals surface area contributed by atoms with Crippen molar-refractivity contribution in [2.24, 2.45) is 0 Å². The van der Waals surface area contributed by atoms with E-state index in [2.05, 4.69) is 22.8 Å². The summed E-state index contributed by atoms with van der Waals surface area (Å²) in [6.45, 7) is 5.37. The minimum absolute atomic E-state index is 0.0924. The Kier molecular flexibility index (Phi) is 6.85. The molecular formula is C27H32N2O6. The maximum atomic E-state index is 13.0. The van der Waals surface area contributed by atoms with Gasteiger partial charge in [-0.15, -0.1) is 0 Å². The number of fused-ring (bicyclic) bond motifs is 3. The van der Waals surface area contributed by atoms with Gasteiger partial charge in [0.2, 0.25) is 5.91 Å². The molecule has 0 saturated heterocycles. The number of rotatable bonds is 8. The van der Waals surface area contributed by atoms with E-state index in [1.807, 2.05) is 36.4 Å². The van der Waals surface area contributed by atoms with Crippen molar-refractivity contribution in [3.05, 3.63) is 59.7 Å². The zero-order valence-corrected chi connectivity index (χ0v) is 20.3. The SMILES string of the molecule is CC(C)(C)OC[C@H](NC(=O)C1(NC(=O)OCC2c3ccccc3-c3ccccc32)CCC1)C(=O)O. The van der Waals surface area contributed by atoms with Crippen LogP contribution in [0.4, 0.5) is 4.79 Å². The van der Waals surface area contributed by atoms with E-state index >= 15 is 0 Å². The second-order valence-corrected chi connectivity index (χ2v) is 10.2. The highest BCUT2D eigenvalue weighted by atomic mass is 16.5. The van der Waals surface area contributed by atoms with Crippen LogP contribution in [0.2, 0.25) is 0 Å². The van der Waals surface area contributed by atoms with Gasteiger partial charge in [0.1, 0.15) is 12.1 Å². The predicted octanol–water partition coefficient (Wildman–Crippen LogP) is 3.83. The zero-order valence-electron chi connectivity index (χ0n) is 20.3. The lowest BCUT2D eigenvalue weighted by atomic mass is 9.76. The number of nitrogens with one attached hydrogen (secondary N) is 2. The van der Waals surface area contributed by atoms with E-state index in [0.29, 0.717) is 12.8 Å². The van der Waals surface area contributed by atoms with E-state index in [1.165, 1.54) is 0 Å². The monoisotopic (exact) mass is 480 g/mol. The van der Waals surface area contributed by atoms with E-state index in [-0.39, 0.29) is 19.1 Å². The van der Waals surface area contributed by atoms with Crippen LogP contribution in [0, 0.1) is 0 Å². The van der Waals surface area contributed by atoms with Crippen molar-refractivity contribution in [2.75, 3.05) is 13.2 Å². The number of alkyl carbamates (subject to hydrolysis) is 1. The van der Waals surface area contributed by atoms with Crippen LogP contribution >= 0.6 is 0 Å². The molecule has 0 aromatic heterocycles. The molecule has 35 heavy (non-hydrogen) atoms. The topological polar surface area (TPSA) is 114 Å². The van der Waals surface area contributed by atoms with Gasteiger partial charge in [-0.3, -0.25) is 4.79 Å². The first-order valence-electron chi connectivity index (χ1n) is 11.9. The highest BCUT2D eigenvalue weighted by Crippen LogP contribution is 2.44. The van der Waals surface area contributed by atoms with E-state index < -0.39 is 35.2 Å². The van der Waals surface area contributed by atoms with Crippen molar-refractivity contribution in [2.45, 2.75) is 63.1 Å². The van der Waals surface area contributed by atoms with Crippen LogP contribution in [0.1, 0.15) is 57.1 Å². The summed E-state index contributed by atoms with van der Waals surface area (Å²) in [6.07, 6.45) is 0.873. The van der Waals surface area contributed by atoms with Gasteiger partial charge in [0, 0.05) is 5.92 Å². The lowest BCUT2D eigenvalue weighted by Crippen LogP contribution is -2.65. The van der Waals surface area contributed by atoms with E-state index in [4.69, 9.17) is 9.47 Å². The van der Waals surface area contributed by atoms with Crippen LogP contribution in [-0.2, 0) is 19.1 Å². The number of carbonyl (C=O) groups is 3. The quantitative estimate of drug-likeness (QED) is 0.529. The summed E-state index contributed by atoms with van der Waals surface area (Å²) in [7, 11) is 0. The fourth-order valence-corrected chi connectivity index (χ4v) is 4.57. The van der Waals surface area contributed by atoms with Gasteiger partial charge in [-0.05, 0) is 62.3 Å². The highest BCUT2D eigenvalue weighted by Gasteiger charge is 2.47. The van der Waals surface area contributed by atoms with E-state index in [0.717, 1.165) is 28.7 Å². The summed E-state index contributed by atoms with van der Waals surface area (Å²) in [5.74, 6) is -1.83. The first-order valence-corrected chi connectivity index (χ1v) is 11.9. The molecule has 0 aliphatic heterocycles. The molecule has 2 amide bonds. The second-order valence-electron chi connectivity index (χ2n) is 10.2. The summed E-state index contributed by atoms with van der Waals surface area (Å²) >= 11 is 0. The number of carboxylic acids is 1. The molecule has 2 aromatic rings. The molecule has 0 radical (unpaired) electrons. The Bertz CT molecular complexity index is 1070. The Labute approximate surface area is 205 Å². The van der Waals surface area contributed by atoms with Gasteiger partial charge < -0.3 is 25.2 Å². The van der Waals surface area contributed by atoms with Crippen molar-refractivity contribution in [1.29, 1.82) is 0 Å². The van der Waals surface area contributed by atoms with Gasteiger partial charge in [0.25, 0.3) is 0 Å². The largest absolute Gasteiger partial charge is 0.480 e. The maximum Gasteiger partial charge on any atom is 0.408 e. The van der Waals surface area contributed by atoms with Crippen LogP contribution in [-0.4, -0.2) is 53.5 Å². The Hall–Kier alpha value is -3.39. The van der Waals surface area contributed by atoms with Gasteiger partial charge in [0.05, 0.1) is 12.2 Å². The Morgan fingerprint density at radius 1 is 1.03 bits per heavy atom. The number of benzene rings is 2. The summed E-state index contributed by atoms with van der Waals surface area (Å²) in [5, 5.41) is 14.8. The molecule has 0 bridgehead atoms. The molecule has 8 nitrogen and oxygen atoms in total. The molecule has 2 aliphatic rings. The van der Waals surface area contributed by atoms with Gasteiger partial charge in [-0.2, -0.15) is 0 Å². The van der Waals surface area contributed by atoms with E-state index in [1.54, 1.807) is 20.8 Å². The predicted molar refractivity (Wildman–Crippen MR) is 130 cm³/mol. The normalized spacial score (nSPS) is 16.9. The standard InChI is InChI=1S/C27H32N2O6/c1-26(2,3)35-16-22(23(30)31)28-24(32)27(13-8-14-27)29-25(33)34-15-21-19-11-6-4-9-17(19)18-10-5-7-12-20(18)21/h4-7,9-12,21-22H,8,13-16H2,1-3H3,(H,28,32)(H,29,33)(H,30,31)/t22-/m0/s1. The van der Waals surface area contributed by atoms with Crippen LogP contribution in [0.15, 0.2) is 48.5 Å². The number of amides is 2. The van der Waals surface area contributed by atoms with Gasteiger partial charge in [-0.1, -0.05) is 48.5 Å². The van der Waals surface area contributed by atoms with Crippen molar-refractivity contribution in [3.8, 4) is 11.1 Å². The molecule has 2 aromatic carbocycles. The molecule has 4 rings (SSSR count). The number of carboxylic acid groups (broad SMARTS) is 1. The summed E-state index contributed by atoms with van der Waals surface area (Å²) < 4.78 is 11.1. The molecule has 1 fully saturated rings. The lowest BCUT2D eigenvalue weighted by Gasteiger charge is -2.41. The minimum Gasteiger partial charge on any atom is -0.480 e. The molecule has 2 aliphatic carbocycles. The highest BCUT2D eigenvalue weighted by molar-refractivity contribution is 5.93.